The van der Waals surface area contributed by atoms with Crippen molar-refractivity contribution in [3.63, 3.8) is 0 Å². The molecule has 12 heteroatoms. The molecule has 1 saturated heterocycles. The van der Waals surface area contributed by atoms with Crippen molar-refractivity contribution in [2.75, 3.05) is 49.8 Å². The lowest BCUT2D eigenvalue weighted by atomic mass is 9.92. The molecule has 1 aromatic rings. The molecule has 2 atom stereocenters. The van der Waals surface area contributed by atoms with Crippen LogP contribution in [0.3, 0.4) is 0 Å². The zero-order valence-electron chi connectivity index (χ0n) is 19.5. The molecule has 1 aliphatic heterocycles. The average molecular weight is 484 g/mol. The highest BCUT2D eigenvalue weighted by Gasteiger charge is 2.29. The van der Waals surface area contributed by atoms with E-state index in [1.54, 1.807) is 6.26 Å². The van der Waals surface area contributed by atoms with Crippen LogP contribution in [0.15, 0.2) is 5.16 Å². The Morgan fingerprint density at radius 3 is 2.73 bits per heavy atom. The van der Waals surface area contributed by atoms with Crippen LogP contribution in [-0.2, 0) is 9.59 Å². The van der Waals surface area contributed by atoms with Crippen molar-refractivity contribution < 1.29 is 19.2 Å². The molecule has 184 valence electrons. The second-order valence-corrected chi connectivity index (χ2v) is 9.67. The van der Waals surface area contributed by atoms with Gasteiger partial charge in [-0.1, -0.05) is 37.4 Å². The molecule has 3 N–H and O–H groups in total. The first kappa shape index (κ1) is 25.4. The Kier molecular flexibility index (Phi) is 9.10. The highest BCUT2D eigenvalue weighted by molar-refractivity contribution is 7.98. The molecular formula is C21H34FN7O3S. The third-order valence-corrected chi connectivity index (χ3v) is 7.10. The largest absolute Gasteiger partial charge is 0.351 e. The molecule has 1 saturated carbocycles. The zero-order chi connectivity index (χ0) is 24.0. The standard InChI is InChI=1S/C21H34FN7O3S/c1-14-11-28(9-8-27(14)2)19-17(22)18(23-21(24-19)33-3)25-26-20(31)16(12-29(32)13-30)10-15-6-4-5-7-15/h13-16,32H,4-12H2,1-3H3,(H,26,31)(H,23,24,25)/t14-,16+/m1/s1. The van der Waals surface area contributed by atoms with Crippen LogP contribution in [0.2, 0.25) is 0 Å². The molecule has 0 aromatic carbocycles. The van der Waals surface area contributed by atoms with Crippen molar-refractivity contribution in [3.8, 4) is 0 Å². The number of likely N-dealkylation sites (N-methyl/N-ethyl adjacent to an activating group) is 1. The molecule has 2 heterocycles. The summed E-state index contributed by atoms with van der Waals surface area (Å²) in [5, 5.41) is 10.5. The van der Waals surface area contributed by atoms with Crippen LogP contribution in [0.5, 0.6) is 0 Å². The van der Waals surface area contributed by atoms with Gasteiger partial charge in [0.05, 0.1) is 12.5 Å². The van der Waals surface area contributed by atoms with Crippen LogP contribution in [0, 0.1) is 17.7 Å². The number of thioether (sulfide) groups is 1. The van der Waals surface area contributed by atoms with Crippen molar-refractivity contribution in [1.29, 1.82) is 0 Å². The number of aromatic nitrogens is 2. The molecule has 1 aromatic heterocycles. The van der Waals surface area contributed by atoms with Gasteiger partial charge in [-0.15, -0.1) is 0 Å². The molecule has 3 rings (SSSR count). The average Bonchev–Trinajstić information content (AvgIpc) is 3.32. The summed E-state index contributed by atoms with van der Waals surface area (Å²) in [5.41, 5.74) is 5.15. The number of hydrogen-bond acceptors (Lipinski definition) is 9. The molecule has 0 unspecified atom stereocenters. The Morgan fingerprint density at radius 1 is 1.36 bits per heavy atom. The number of piperazine rings is 1. The van der Waals surface area contributed by atoms with E-state index in [0.29, 0.717) is 35.6 Å². The van der Waals surface area contributed by atoms with Gasteiger partial charge in [0.15, 0.2) is 16.8 Å². The molecule has 10 nitrogen and oxygen atoms in total. The number of nitrogens with one attached hydrogen (secondary N) is 2. The van der Waals surface area contributed by atoms with Gasteiger partial charge in [0, 0.05) is 25.7 Å². The van der Waals surface area contributed by atoms with Crippen LogP contribution in [0.25, 0.3) is 0 Å². The highest BCUT2D eigenvalue weighted by atomic mass is 32.2. The highest BCUT2D eigenvalue weighted by Crippen LogP contribution is 2.31. The predicted molar refractivity (Wildman–Crippen MR) is 124 cm³/mol. The minimum Gasteiger partial charge on any atom is -0.351 e. The minimum absolute atomic E-state index is 0.111. The number of amides is 2. The Labute approximate surface area is 198 Å². The quantitative estimate of drug-likeness (QED) is 0.151. The molecule has 0 radical (unpaired) electrons. The van der Waals surface area contributed by atoms with Gasteiger partial charge in [-0.05, 0) is 32.6 Å². The topological polar surface area (TPSA) is 114 Å². The van der Waals surface area contributed by atoms with E-state index in [-0.39, 0.29) is 30.6 Å². The van der Waals surface area contributed by atoms with Crippen molar-refractivity contribution in [3.05, 3.63) is 5.82 Å². The lowest BCUT2D eigenvalue weighted by Crippen LogP contribution is -2.50. The van der Waals surface area contributed by atoms with Gasteiger partial charge in [-0.2, -0.15) is 4.39 Å². The first-order chi connectivity index (χ1) is 15.8. The van der Waals surface area contributed by atoms with E-state index in [9.17, 15) is 14.8 Å². The lowest BCUT2D eigenvalue weighted by molar-refractivity contribution is -0.154. The van der Waals surface area contributed by atoms with Gasteiger partial charge in [0.1, 0.15) is 0 Å². The fourth-order valence-electron chi connectivity index (χ4n) is 4.44. The Balaban J connectivity index is 1.72. The summed E-state index contributed by atoms with van der Waals surface area (Å²) in [6, 6.07) is 0.248. The first-order valence-electron chi connectivity index (χ1n) is 11.4. The number of halogens is 1. The van der Waals surface area contributed by atoms with Crippen LogP contribution >= 0.6 is 11.8 Å². The fraction of sp³-hybridized carbons (Fsp3) is 0.714. The first-order valence-corrected chi connectivity index (χ1v) is 12.6. The number of hydroxylamine groups is 2. The SMILES string of the molecule is CSc1nc(NNC(=O)[C@@H](CC2CCCC2)CN(O)C=O)c(F)c(N2CCN(C)[C@H](C)C2)n1. The molecular weight excluding hydrogens is 449 g/mol. The van der Waals surface area contributed by atoms with Crippen LogP contribution < -0.4 is 15.8 Å². The van der Waals surface area contributed by atoms with Gasteiger partial charge >= 0.3 is 0 Å². The molecule has 1 aliphatic carbocycles. The van der Waals surface area contributed by atoms with E-state index >= 15 is 4.39 Å². The summed E-state index contributed by atoms with van der Waals surface area (Å²) in [4.78, 5) is 36.4. The summed E-state index contributed by atoms with van der Waals surface area (Å²) in [6.07, 6.45) is 6.91. The van der Waals surface area contributed by atoms with Gasteiger partial charge < -0.3 is 9.80 Å². The van der Waals surface area contributed by atoms with Crippen molar-refractivity contribution in [2.24, 2.45) is 11.8 Å². The molecule has 2 aliphatic rings. The third kappa shape index (κ3) is 6.67. The maximum atomic E-state index is 15.3. The van der Waals surface area contributed by atoms with E-state index in [0.717, 1.165) is 32.2 Å². The lowest BCUT2D eigenvalue weighted by Gasteiger charge is -2.38. The number of carbonyl (C=O) groups excluding carboxylic acids is 2. The summed E-state index contributed by atoms with van der Waals surface area (Å²) >= 11 is 1.29. The van der Waals surface area contributed by atoms with Crippen LogP contribution in [-0.4, -0.2) is 83.0 Å². The van der Waals surface area contributed by atoms with Crippen LogP contribution in [0.4, 0.5) is 16.0 Å². The van der Waals surface area contributed by atoms with E-state index in [1.807, 2.05) is 11.9 Å². The number of hydrazine groups is 1. The maximum absolute atomic E-state index is 15.3. The number of carbonyl (C=O) groups is 2. The number of anilines is 2. The third-order valence-electron chi connectivity index (χ3n) is 6.55. The molecule has 2 fully saturated rings. The second-order valence-electron chi connectivity index (χ2n) is 8.90. The number of rotatable bonds is 10. The molecule has 2 amide bonds. The number of nitrogens with zero attached hydrogens (tertiary/aromatic N) is 5. The summed E-state index contributed by atoms with van der Waals surface area (Å²) in [6.45, 7) is 4.01. The van der Waals surface area contributed by atoms with Crippen molar-refractivity contribution in [1.82, 2.24) is 25.4 Å². The van der Waals surface area contributed by atoms with Gasteiger partial charge in [-0.25, -0.2) is 15.0 Å². The second kappa shape index (κ2) is 11.8. The number of hydrogen-bond donors (Lipinski definition) is 3. The predicted octanol–water partition coefficient (Wildman–Crippen LogP) is 1.97. The minimum atomic E-state index is -0.631. The Morgan fingerprint density at radius 2 is 2.09 bits per heavy atom. The van der Waals surface area contributed by atoms with Crippen molar-refractivity contribution >= 4 is 35.7 Å². The van der Waals surface area contributed by atoms with E-state index in [2.05, 4.69) is 32.6 Å². The van der Waals surface area contributed by atoms with Crippen LogP contribution in [0.1, 0.15) is 39.0 Å². The van der Waals surface area contributed by atoms with Gasteiger partial charge in [0.2, 0.25) is 18.1 Å². The summed E-state index contributed by atoms with van der Waals surface area (Å²) < 4.78 is 15.3. The summed E-state index contributed by atoms with van der Waals surface area (Å²) in [5.74, 6) is -1.23. The Hall–Kier alpha value is -2.18. The fourth-order valence-corrected chi connectivity index (χ4v) is 4.80. The molecule has 0 bridgehead atoms. The normalized spacial score (nSPS) is 20.5. The smallest absolute Gasteiger partial charge is 0.243 e. The molecule has 33 heavy (non-hydrogen) atoms. The monoisotopic (exact) mass is 483 g/mol. The molecule has 0 spiro atoms. The Bertz CT molecular complexity index is 827. The zero-order valence-corrected chi connectivity index (χ0v) is 20.3. The summed E-state index contributed by atoms with van der Waals surface area (Å²) in [7, 11) is 2.04. The maximum Gasteiger partial charge on any atom is 0.243 e. The van der Waals surface area contributed by atoms with Crippen molar-refractivity contribution in [2.45, 2.75) is 50.2 Å². The van der Waals surface area contributed by atoms with E-state index in [1.165, 1.54) is 11.8 Å². The van der Waals surface area contributed by atoms with E-state index in [4.69, 9.17) is 0 Å². The van der Waals surface area contributed by atoms with Gasteiger partial charge in [0.25, 0.3) is 0 Å². The van der Waals surface area contributed by atoms with E-state index < -0.39 is 17.6 Å². The van der Waals surface area contributed by atoms with Gasteiger partial charge in [-0.3, -0.25) is 25.6 Å².